The lowest BCUT2D eigenvalue weighted by Gasteiger charge is -2.34. The lowest BCUT2D eigenvalue weighted by Crippen LogP contribution is -2.39. The Morgan fingerprint density at radius 2 is 2.05 bits per heavy atom. The predicted molar refractivity (Wildman–Crippen MR) is 72.7 cm³/mol. The first-order valence-corrected chi connectivity index (χ1v) is 7.50. The van der Waals surface area contributed by atoms with Gasteiger partial charge in [0.1, 0.15) is 0 Å². The van der Waals surface area contributed by atoms with E-state index in [2.05, 4.69) is 29.0 Å². The van der Waals surface area contributed by atoms with E-state index in [0.29, 0.717) is 23.9 Å². The summed E-state index contributed by atoms with van der Waals surface area (Å²) in [5.74, 6) is 1.95. The molecule has 106 valence electrons. The van der Waals surface area contributed by atoms with Crippen LogP contribution in [0.3, 0.4) is 0 Å². The van der Waals surface area contributed by atoms with Crippen molar-refractivity contribution in [1.29, 1.82) is 0 Å². The standard InChI is InChI=1S/C14H24N4O/c1-3-4-12(15)14-16-13(17-19-14)9-7-10-5-6-11(8-9)18(10)2/h9-12H,3-8,15H2,1-2H3/t9?,10?,11?,12-/m1/s1. The Morgan fingerprint density at radius 3 is 2.68 bits per heavy atom. The Morgan fingerprint density at radius 1 is 1.37 bits per heavy atom. The van der Waals surface area contributed by atoms with Crippen LogP contribution in [0.4, 0.5) is 0 Å². The molecule has 2 unspecified atom stereocenters. The lowest BCUT2D eigenvalue weighted by molar-refractivity contribution is 0.157. The maximum Gasteiger partial charge on any atom is 0.243 e. The number of nitrogens with two attached hydrogens (primary N) is 1. The van der Waals surface area contributed by atoms with E-state index in [0.717, 1.165) is 31.5 Å². The molecule has 3 heterocycles. The van der Waals surface area contributed by atoms with Gasteiger partial charge in [-0.25, -0.2) is 0 Å². The summed E-state index contributed by atoms with van der Waals surface area (Å²) in [5.41, 5.74) is 6.03. The molecule has 3 rings (SSSR count). The van der Waals surface area contributed by atoms with Crippen LogP contribution >= 0.6 is 0 Å². The molecule has 0 radical (unpaired) electrons. The SMILES string of the molecule is CCC[C@@H](N)c1nc(C2CC3CCC(C2)N3C)no1. The highest BCUT2D eigenvalue weighted by molar-refractivity contribution is 5.06. The van der Waals surface area contributed by atoms with Gasteiger partial charge >= 0.3 is 0 Å². The molecule has 0 aliphatic carbocycles. The van der Waals surface area contributed by atoms with Crippen molar-refractivity contribution >= 4 is 0 Å². The molecule has 0 saturated carbocycles. The zero-order valence-electron chi connectivity index (χ0n) is 11.9. The van der Waals surface area contributed by atoms with Crippen molar-refractivity contribution in [3.63, 3.8) is 0 Å². The molecule has 0 spiro atoms. The first kappa shape index (κ1) is 13.1. The highest BCUT2D eigenvalue weighted by Crippen LogP contribution is 2.41. The van der Waals surface area contributed by atoms with Gasteiger partial charge in [0.05, 0.1) is 6.04 Å². The Labute approximate surface area is 114 Å². The number of rotatable bonds is 4. The van der Waals surface area contributed by atoms with Crippen molar-refractivity contribution in [1.82, 2.24) is 15.0 Å². The number of aromatic nitrogens is 2. The normalized spacial score (nSPS) is 32.7. The minimum Gasteiger partial charge on any atom is -0.338 e. The van der Waals surface area contributed by atoms with Gasteiger partial charge in [0, 0.05) is 18.0 Å². The average Bonchev–Trinajstić information content (AvgIpc) is 2.93. The molecule has 2 saturated heterocycles. The molecule has 19 heavy (non-hydrogen) atoms. The summed E-state index contributed by atoms with van der Waals surface area (Å²) in [6.45, 7) is 2.12. The van der Waals surface area contributed by atoms with Crippen LogP contribution in [0.1, 0.15) is 69.1 Å². The third kappa shape index (κ3) is 2.41. The van der Waals surface area contributed by atoms with Crippen LogP contribution in [0.15, 0.2) is 4.52 Å². The molecule has 5 heteroatoms. The van der Waals surface area contributed by atoms with Gasteiger partial charge < -0.3 is 15.2 Å². The highest BCUT2D eigenvalue weighted by atomic mass is 16.5. The minimum atomic E-state index is -0.103. The molecule has 2 aliphatic heterocycles. The summed E-state index contributed by atoms with van der Waals surface area (Å²) in [6, 6.07) is 1.30. The number of hydrogen-bond acceptors (Lipinski definition) is 5. The van der Waals surface area contributed by atoms with Crippen LogP contribution in [0.2, 0.25) is 0 Å². The van der Waals surface area contributed by atoms with Crippen LogP contribution in [0, 0.1) is 0 Å². The first-order chi connectivity index (χ1) is 9.19. The fraction of sp³-hybridized carbons (Fsp3) is 0.857. The van der Waals surface area contributed by atoms with Crippen LogP contribution in [-0.4, -0.2) is 34.2 Å². The Bertz CT molecular complexity index is 419. The molecular weight excluding hydrogens is 240 g/mol. The van der Waals surface area contributed by atoms with Crippen LogP contribution in [0.5, 0.6) is 0 Å². The van der Waals surface area contributed by atoms with E-state index >= 15 is 0 Å². The Kier molecular flexibility index (Phi) is 3.58. The highest BCUT2D eigenvalue weighted by Gasteiger charge is 2.40. The summed E-state index contributed by atoms with van der Waals surface area (Å²) in [5, 5.41) is 4.18. The predicted octanol–water partition coefficient (Wildman–Crippen LogP) is 2.21. The van der Waals surface area contributed by atoms with E-state index in [1.165, 1.54) is 12.8 Å². The van der Waals surface area contributed by atoms with Crippen molar-refractivity contribution in [2.75, 3.05) is 7.05 Å². The van der Waals surface area contributed by atoms with Crippen molar-refractivity contribution in [3.05, 3.63) is 11.7 Å². The summed E-state index contributed by atoms with van der Waals surface area (Å²) in [6.07, 6.45) is 6.90. The van der Waals surface area contributed by atoms with Gasteiger partial charge in [0.25, 0.3) is 0 Å². The van der Waals surface area contributed by atoms with Gasteiger partial charge in [-0.05, 0) is 39.2 Å². The summed E-state index contributed by atoms with van der Waals surface area (Å²) < 4.78 is 5.35. The zero-order valence-corrected chi connectivity index (χ0v) is 11.9. The third-order valence-corrected chi connectivity index (χ3v) is 4.84. The number of nitrogens with zero attached hydrogens (tertiary/aromatic N) is 3. The van der Waals surface area contributed by atoms with Gasteiger partial charge in [0.2, 0.25) is 5.89 Å². The summed E-state index contributed by atoms with van der Waals surface area (Å²) in [7, 11) is 2.25. The second-order valence-corrected chi connectivity index (χ2v) is 6.10. The smallest absolute Gasteiger partial charge is 0.243 e. The van der Waals surface area contributed by atoms with Crippen LogP contribution < -0.4 is 5.73 Å². The molecule has 0 aromatic carbocycles. The maximum atomic E-state index is 6.03. The van der Waals surface area contributed by atoms with E-state index in [1.54, 1.807) is 0 Å². The fourth-order valence-corrected chi connectivity index (χ4v) is 3.62. The van der Waals surface area contributed by atoms with Crippen molar-refractivity contribution < 1.29 is 4.52 Å². The Balaban J connectivity index is 1.70. The van der Waals surface area contributed by atoms with Gasteiger partial charge in [-0.15, -0.1) is 0 Å². The zero-order chi connectivity index (χ0) is 13.4. The third-order valence-electron chi connectivity index (χ3n) is 4.84. The quantitative estimate of drug-likeness (QED) is 0.903. The number of fused-ring (bicyclic) bond motifs is 2. The minimum absolute atomic E-state index is 0.103. The van der Waals surface area contributed by atoms with Crippen LogP contribution in [-0.2, 0) is 0 Å². The molecule has 2 bridgehead atoms. The van der Waals surface area contributed by atoms with Gasteiger partial charge in [-0.1, -0.05) is 18.5 Å². The summed E-state index contributed by atoms with van der Waals surface area (Å²) in [4.78, 5) is 7.08. The topological polar surface area (TPSA) is 68.2 Å². The largest absolute Gasteiger partial charge is 0.338 e. The molecule has 1 aromatic rings. The van der Waals surface area contributed by atoms with Gasteiger partial charge in [0.15, 0.2) is 5.82 Å². The summed E-state index contributed by atoms with van der Waals surface area (Å²) >= 11 is 0. The van der Waals surface area contributed by atoms with Gasteiger partial charge in [-0.3, -0.25) is 0 Å². The van der Waals surface area contributed by atoms with Crippen molar-refractivity contribution in [2.45, 2.75) is 69.5 Å². The molecule has 3 atom stereocenters. The molecule has 2 N–H and O–H groups in total. The molecule has 0 amide bonds. The van der Waals surface area contributed by atoms with Crippen LogP contribution in [0.25, 0.3) is 0 Å². The second-order valence-electron chi connectivity index (χ2n) is 6.10. The number of piperidine rings is 1. The molecule has 2 aliphatic rings. The first-order valence-electron chi connectivity index (χ1n) is 7.50. The fourth-order valence-electron chi connectivity index (χ4n) is 3.62. The lowest BCUT2D eigenvalue weighted by atomic mass is 9.90. The molecule has 5 nitrogen and oxygen atoms in total. The van der Waals surface area contributed by atoms with E-state index in [4.69, 9.17) is 10.3 Å². The molecular formula is C14H24N4O. The van der Waals surface area contributed by atoms with Gasteiger partial charge in [-0.2, -0.15) is 4.98 Å². The Hall–Kier alpha value is -0.940. The van der Waals surface area contributed by atoms with E-state index in [1.807, 2.05) is 0 Å². The monoisotopic (exact) mass is 264 g/mol. The second kappa shape index (κ2) is 5.21. The molecule has 1 aromatic heterocycles. The van der Waals surface area contributed by atoms with Crippen molar-refractivity contribution in [3.8, 4) is 0 Å². The number of hydrogen-bond donors (Lipinski definition) is 1. The van der Waals surface area contributed by atoms with E-state index in [-0.39, 0.29) is 6.04 Å². The average molecular weight is 264 g/mol. The van der Waals surface area contributed by atoms with Crippen molar-refractivity contribution in [2.24, 2.45) is 5.73 Å². The maximum absolute atomic E-state index is 6.03. The van der Waals surface area contributed by atoms with E-state index in [9.17, 15) is 0 Å². The molecule has 2 fully saturated rings. The van der Waals surface area contributed by atoms with E-state index < -0.39 is 0 Å².